The summed E-state index contributed by atoms with van der Waals surface area (Å²) in [5, 5.41) is 31.9. The van der Waals surface area contributed by atoms with Crippen molar-refractivity contribution < 1.29 is 39.0 Å². The number of carbonyl (C=O) groups excluding carboxylic acids is 1. The fourth-order valence-corrected chi connectivity index (χ4v) is 2.94. The first-order valence-electron chi connectivity index (χ1n) is 7.29. The van der Waals surface area contributed by atoms with Crippen molar-refractivity contribution in [3.05, 3.63) is 28.5 Å². The van der Waals surface area contributed by atoms with E-state index in [1.54, 1.807) is 17.5 Å². The van der Waals surface area contributed by atoms with Crippen LogP contribution in [0.2, 0.25) is 0 Å². The molecule has 1 aliphatic rings. The molecule has 0 radical (unpaired) electrons. The zero-order valence-electron chi connectivity index (χ0n) is 13.0. The van der Waals surface area contributed by atoms with Crippen LogP contribution in [-0.2, 0) is 23.8 Å². The van der Waals surface area contributed by atoms with Crippen LogP contribution < -0.4 is 5.32 Å². The molecule has 1 aliphatic heterocycles. The lowest BCUT2D eigenvalue weighted by atomic mass is 9.79. The fraction of sp³-hybridized carbons (Fsp3) is 0.357. The van der Waals surface area contributed by atoms with Gasteiger partial charge in [-0.25, -0.2) is 4.79 Å². The van der Waals surface area contributed by atoms with Crippen molar-refractivity contribution in [2.24, 2.45) is 0 Å². The van der Waals surface area contributed by atoms with Gasteiger partial charge in [0.15, 0.2) is 0 Å². The van der Waals surface area contributed by atoms with Crippen molar-refractivity contribution in [3.63, 3.8) is 0 Å². The Morgan fingerprint density at radius 3 is 2.72 bits per heavy atom. The number of nitrogens with one attached hydrogen (secondary N) is 1. The van der Waals surface area contributed by atoms with Crippen LogP contribution in [0.15, 0.2) is 23.6 Å². The molecule has 4 N–H and O–H groups in total. The molecular weight excluding hydrogens is 353 g/mol. The van der Waals surface area contributed by atoms with Crippen LogP contribution >= 0.6 is 11.3 Å². The quantitative estimate of drug-likeness (QED) is 0.392. The Kier molecular flexibility index (Phi) is 6.70. The Labute approximate surface area is 147 Å². The second-order valence-electron chi connectivity index (χ2n) is 5.24. The number of hydrogen-bond acceptors (Lipinski definition) is 7. The Bertz CT molecular complexity index is 662. The number of carboxylic acid groups (broad SMARTS) is 2. The summed E-state index contributed by atoms with van der Waals surface area (Å²) >= 11 is 1.19. The normalized spacial score (nSPS) is 21.5. The summed E-state index contributed by atoms with van der Waals surface area (Å²) < 4.78 is 10.4. The van der Waals surface area contributed by atoms with E-state index in [2.05, 4.69) is 5.32 Å². The monoisotopic (exact) mass is 369 g/mol. The summed E-state index contributed by atoms with van der Waals surface area (Å²) in [7, 11) is -1.48. The molecule has 9 nitrogen and oxygen atoms in total. The number of aliphatic carboxylic acids is 2. The van der Waals surface area contributed by atoms with Crippen LogP contribution in [-0.4, -0.2) is 65.5 Å². The van der Waals surface area contributed by atoms with Crippen LogP contribution in [0.25, 0.3) is 5.57 Å². The minimum Gasteiger partial charge on any atom is -0.481 e. The minimum atomic E-state index is -1.48. The van der Waals surface area contributed by atoms with Gasteiger partial charge in [0.1, 0.15) is 0 Å². The average molecular weight is 369 g/mol. The van der Waals surface area contributed by atoms with E-state index in [4.69, 9.17) is 19.6 Å². The van der Waals surface area contributed by atoms with Crippen molar-refractivity contribution in [2.45, 2.75) is 18.5 Å². The first kappa shape index (κ1) is 19.1. The van der Waals surface area contributed by atoms with E-state index in [1.165, 1.54) is 11.3 Å². The number of ether oxygens (including phenoxy) is 1. The summed E-state index contributed by atoms with van der Waals surface area (Å²) in [6.07, 6.45) is -0.420. The van der Waals surface area contributed by atoms with E-state index in [1.807, 2.05) is 0 Å². The SMILES string of the molecule is O=C(O)C=C(C(=O)N[C@H]1COC[C@H](CC(=O)O)OB1O)c1cccs1. The van der Waals surface area contributed by atoms with Crippen LogP contribution in [0.5, 0.6) is 0 Å². The molecule has 1 aromatic rings. The molecule has 134 valence electrons. The molecule has 0 aliphatic carbocycles. The number of rotatable bonds is 6. The first-order valence-corrected chi connectivity index (χ1v) is 8.17. The van der Waals surface area contributed by atoms with Gasteiger partial charge in [-0.3, -0.25) is 9.59 Å². The summed E-state index contributed by atoms with van der Waals surface area (Å²) in [4.78, 5) is 34.5. The molecule has 2 atom stereocenters. The van der Waals surface area contributed by atoms with Gasteiger partial charge in [0, 0.05) is 11.0 Å². The number of carbonyl (C=O) groups is 3. The summed E-state index contributed by atoms with van der Waals surface area (Å²) in [5.74, 6) is -4.07. The standard InChI is InChI=1S/C14H16BNO8S/c17-12(18)4-8-6-23-7-11(15(22)24-8)16-14(21)9(5-13(19)20)10-2-1-3-25-10/h1-3,5,8,11,22H,4,6-7H2,(H,16,21)(H,17,18)(H,19,20)/t8-,11-/m0/s1. The predicted molar refractivity (Wildman–Crippen MR) is 87.8 cm³/mol. The topological polar surface area (TPSA) is 142 Å². The van der Waals surface area contributed by atoms with Crippen LogP contribution in [0.4, 0.5) is 0 Å². The van der Waals surface area contributed by atoms with Crippen molar-refractivity contribution in [2.75, 3.05) is 13.2 Å². The largest absolute Gasteiger partial charge is 0.481 e. The molecule has 0 saturated carbocycles. The van der Waals surface area contributed by atoms with Gasteiger partial charge in [-0.1, -0.05) is 6.07 Å². The van der Waals surface area contributed by atoms with E-state index < -0.39 is 37.0 Å². The molecule has 1 saturated heterocycles. The highest BCUT2D eigenvalue weighted by Crippen LogP contribution is 2.21. The van der Waals surface area contributed by atoms with E-state index in [9.17, 15) is 19.4 Å². The van der Waals surface area contributed by atoms with Crippen molar-refractivity contribution in [1.82, 2.24) is 5.32 Å². The third-order valence-corrected chi connectivity index (χ3v) is 4.20. The van der Waals surface area contributed by atoms with E-state index in [0.29, 0.717) is 4.88 Å². The molecule has 0 aromatic carbocycles. The minimum absolute atomic E-state index is 0.0432. The molecule has 11 heteroatoms. The van der Waals surface area contributed by atoms with Gasteiger partial charge < -0.3 is 29.9 Å². The smallest absolute Gasteiger partial charge is 0.480 e. The predicted octanol–water partition coefficient (Wildman–Crippen LogP) is -0.389. The number of carboxylic acids is 2. The fourth-order valence-electron chi connectivity index (χ4n) is 2.20. The van der Waals surface area contributed by atoms with Crippen LogP contribution in [0.1, 0.15) is 11.3 Å². The lowest BCUT2D eigenvalue weighted by Crippen LogP contribution is -2.50. The maximum absolute atomic E-state index is 12.4. The second-order valence-corrected chi connectivity index (χ2v) is 6.19. The van der Waals surface area contributed by atoms with Gasteiger partial charge in [-0.05, 0) is 11.4 Å². The average Bonchev–Trinajstić information content (AvgIpc) is 2.98. The molecule has 2 heterocycles. The Morgan fingerprint density at radius 2 is 2.12 bits per heavy atom. The van der Waals surface area contributed by atoms with Gasteiger partial charge in [0.25, 0.3) is 5.91 Å². The van der Waals surface area contributed by atoms with Crippen LogP contribution in [0, 0.1) is 0 Å². The molecular formula is C14H16BNO8S. The van der Waals surface area contributed by atoms with Gasteiger partial charge >= 0.3 is 19.1 Å². The van der Waals surface area contributed by atoms with Gasteiger partial charge in [-0.15, -0.1) is 11.3 Å². The highest BCUT2D eigenvalue weighted by Gasteiger charge is 2.36. The lowest BCUT2D eigenvalue weighted by Gasteiger charge is -2.19. The zero-order chi connectivity index (χ0) is 18.4. The number of amides is 1. The molecule has 1 amide bonds. The Balaban J connectivity index is 2.07. The summed E-state index contributed by atoms with van der Waals surface area (Å²) in [6, 6.07) is 3.27. The van der Waals surface area contributed by atoms with Gasteiger partial charge in [-0.2, -0.15) is 0 Å². The van der Waals surface area contributed by atoms with Crippen molar-refractivity contribution in [1.29, 1.82) is 0 Å². The zero-order valence-corrected chi connectivity index (χ0v) is 13.8. The number of thiophene rings is 1. The van der Waals surface area contributed by atoms with E-state index in [-0.39, 0.29) is 25.2 Å². The Morgan fingerprint density at radius 1 is 1.36 bits per heavy atom. The van der Waals surface area contributed by atoms with Crippen molar-refractivity contribution >= 4 is 41.9 Å². The lowest BCUT2D eigenvalue weighted by molar-refractivity contribution is -0.139. The molecule has 2 rings (SSSR count). The third-order valence-electron chi connectivity index (χ3n) is 3.30. The molecule has 0 bridgehead atoms. The van der Waals surface area contributed by atoms with Gasteiger partial charge in [0.2, 0.25) is 0 Å². The maximum atomic E-state index is 12.4. The second kappa shape index (κ2) is 8.76. The molecule has 1 fully saturated rings. The maximum Gasteiger partial charge on any atom is 0.480 e. The molecule has 25 heavy (non-hydrogen) atoms. The van der Waals surface area contributed by atoms with E-state index >= 15 is 0 Å². The summed E-state index contributed by atoms with van der Waals surface area (Å²) in [6.45, 7) is -0.147. The summed E-state index contributed by atoms with van der Waals surface area (Å²) in [5.41, 5.74) is -0.0685. The van der Waals surface area contributed by atoms with Crippen LogP contribution in [0.3, 0.4) is 0 Å². The molecule has 0 spiro atoms. The Hall–Kier alpha value is -2.21. The highest BCUT2D eigenvalue weighted by molar-refractivity contribution is 7.11. The van der Waals surface area contributed by atoms with E-state index in [0.717, 1.165) is 6.08 Å². The first-order chi connectivity index (χ1) is 11.9. The van der Waals surface area contributed by atoms with Crippen molar-refractivity contribution in [3.8, 4) is 0 Å². The molecule has 1 aromatic heterocycles. The third kappa shape index (κ3) is 5.67. The number of hydrogen-bond donors (Lipinski definition) is 4. The molecule has 0 unspecified atom stereocenters. The van der Waals surface area contributed by atoms with Gasteiger partial charge in [0.05, 0.1) is 37.3 Å². The highest BCUT2D eigenvalue weighted by atomic mass is 32.1.